The zero-order chi connectivity index (χ0) is 12.0. The Morgan fingerprint density at radius 3 is 2.94 bits per heavy atom. The van der Waals surface area contributed by atoms with E-state index in [-0.39, 0.29) is 10.7 Å². The summed E-state index contributed by atoms with van der Waals surface area (Å²) in [6.07, 6.45) is 6.82. The van der Waals surface area contributed by atoms with E-state index < -0.39 is 0 Å². The Bertz CT molecular complexity index is 454. The number of aromatic amines is 1. The lowest BCUT2D eigenvalue weighted by Crippen LogP contribution is -2.10. The Morgan fingerprint density at radius 1 is 1.62 bits per heavy atom. The van der Waals surface area contributed by atoms with Gasteiger partial charge in [0, 0.05) is 18.9 Å². The SMILES string of the molecule is CSc1ncc(C=CCSC(C)=O)c(=O)[nH]1. The summed E-state index contributed by atoms with van der Waals surface area (Å²) in [6, 6.07) is 0. The van der Waals surface area contributed by atoms with Crippen LogP contribution in [0.5, 0.6) is 0 Å². The summed E-state index contributed by atoms with van der Waals surface area (Å²) in [5.41, 5.74) is 0.338. The van der Waals surface area contributed by atoms with Gasteiger partial charge in [0.2, 0.25) is 0 Å². The van der Waals surface area contributed by atoms with E-state index in [1.54, 1.807) is 12.2 Å². The van der Waals surface area contributed by atoms with Gasteiger partial charge in [-0.2, -0.15) is 0 Å². The van der Waals surface area contributed by atoms with Crippen molar-refractivity contribution in [2.75, 3.05) is 12.0 Å². The summed E-state index contributed by atoms with van der Waals surface area (Å²) in [7, 11) is 0. The van der Waals surface area contributed by atoms with E-state index >= 15 is 0 Å². The van der Waals surface area contributed by atoms with Crippen LogP contribution in [-0.4, -0.2) is 27.1 Å². The molecule has 0 aromatic carbocycles. The summed E-state index contributed by atoms with van der Waals surface area (Å²) in [5.74, 6) is 0.569. The molecule has 0 fully saturated rings. The monoisotopic (exact) mass is 256 g/mol. The molecule has 0 atom stereocenters. The van der Waals surface area contributed by atoms with Crippen molar-refractivity contribution >= 4 is 34.7 Å². The van der Waals surface area contributed by atoms with E-state index in [1.807, 2.05) is 6.26 Å². The van der Waals surface area contributed by atoms with E-state index in [2.05, 4.69) is 9.97 Å². The third kappa shape index (κ3) is 4.24. The molecule has 1 heterocycles. The molecule has 86 valence electrons. The maximum atomic E-state index is 11.5. The topological polar surface area (TPSA) is 62.8 Å². The van der Waals surface area contributed by atoms with E-state index in [0.29, 0.717) is 16.5 Å². The average molecular weight is 256 g/mol. The number of hydrogen-bond acceptors (Lipinski definition) is 5. The fraction of sp³-hybridized carbons (Fsp3) is 0.300. The first-order valence-corrected chi connectivity index (χ1v) is 6.77. The van der Waals surface area contributed by atoms with E-state index in [0.717, 1.165) is 0 Å². The average Bonchev–Trinajstić information content (AvgIpc) is 2.25. The van der Waals surface area contributed by atoms with Crippen LogP contribution in [0.25, 0.3) is 6.08 Å². The molecule has 1 rings (SSSR count). The van der Waals surface area contributed by atoms with Crippen molar-refractivity contribution in [1.82, 2.24) is 9.97 Å². The fourth-order valence-corrected chi connectivity index (χ4v) is 1.73. The van der Waals surface area contributed by atoms with Gasteiger partial charge in [0.15, 0.2) is 10.3 Å². The lowest BCUT2D eigenvalue weighted by molar-refractivity contribution is -0.109. The first-order valence-electron chi connectivity index (χ1n) is 4.56. The number of nitrogens with zero attached hydrogens (tertiary/aromatic N) is 1. The van der Waals surface area contributed by atoms with Crippen molar-refractivity contribution in [3.8, 4) is 0 Å². The molecule has 0 bridgehead atoms. The molecule has 0 aliphatic rings. The quantitative estimate of drug-likeness (QED) is 0.657. The summed E-state index contributed by atoms with van der Waals surface area (Å²) in [6.45, 7) is 1.51. The minimum Gasteiger partial charge on any atom is -0.301 e. The van der Waals surface area contributed by atoms with Crippen molar-refractivity contribution in [2.24, 2.45) is 0 Å². The molecule has 1 aromatic heterocycles. The lowest BCUT2D eigenvalue weighted by atomic mass is 10.3. The zero-order valence-corrected chi connectivity index (χ0v) is 10.7. The van der Waals surface area contributed by atoms with Crippen LogP contribution in [0.4, 0.5) is 0 Å². The van der Waals surface area contributed by atoms with E-state index in [4.69, 9.17) is 0 Å². The highest BCUT2D eigenvalue weighted by Gasteiger charge is 1.98. The van der Waals surface area contributed by atoms with Crippen molar-refractivity contribution in [2.45, 2.75) is 12.1 Å². The predicted molar refractivity (Wildman–Crippen MR) is 68.8 cm³/mol. The highest BCUT2D eigenvalue weighted by molar-refractivity contribution is 8.13. The molecule has 1 aromatic rings. The molecule has 6 heteroatoms. The third-order valence-corrected chi connectivity index (χ3v) is 3.04. The molecule has 0 saturated carbocycles. The first kappa shape index (κ1) is 13.1. The zero-order valence-electron chi connectivity index (χ0n) is 9.02. The number of nitrogens with one attached hydrogen (secondary N) is 1. The number of rotatable bonds is 4. The maximum absolute atomic E-state index is 11.5. The molecule has 0 amide bonds. The van der Waals surface area contributed by atoms with Crippen LogP contribution in [0.2, 0.25) is 0 Å². The standard InChI is InChI=1S/C10H12N2O2S2/c1-7(13)16-5-3-4-8-6-11-10(15-2)12-9(8)14/h3-4,6H,5H2,1-2H3,(H,11,12,14). The molecule has 0 aliphatic carbocycles. The third-order valence-electron chi connectivity index (χ3n) is 1.68. The van der Waals surface area contributed by atoms with Gasteiger partial charge >= 0.3 is 0 Å². The molecule has 4 nitrogen and oxygen atoms in total. The number of carbonyl (C=O) groups excluding carboxylic acids is 1. The second-order valence-corrected chi connectivity index (χ2v) is 4.87. The first-order chi connectivity index (χ1) is 7.63. The fourth-order valence-electron chi connectivity index (χ4n) is 0.951. The number of hydrogen-bond donors (Lipinski definition) is 1. The highest BCUT2D eigenvalue weighted by atomic mass is 32.2. The maximum Gasteiger partial charge on any atom is 0.258 e. The van der Waals surface area contributed by atoms with Gasteiger partial charge in [-0.25, -0.2) is 4.98 Å². The van der Waals surface area contributed by atoms with Crippen LogP contribution < -0.4 is 5.56 Å². The van der Waals surface area contributed by atoms with Gasteiger partial charge in [0.05, 0.1) is 5.56 Å². The summed E-state index contributed by atoms with van der Waals surface area (Å²) < 4.78 is 0. The van der Waals surface area contributed by atoms with Crippen LogP contribution in [-0.2, 0) is 4.79 Å². The van der Waals surface area contributed by atoms with Crippen molar-refractivity contribution < 1.29 is 4.79 Å². The molecule has 1 N–H and O–H groups in total. The number of thioether (sulfide) groups is 2. The normalized spacial score (nSPS) is 10.9. The summed E-state index contributed by atoms with van der Waals surface area (Å²) >= 11 is 2.59. The summed E-state index contributed by atoms with van der Waals surface area (Å²) in [4.78, 5) is 28.8. The summed E-state index contributed by atoms with van der Waals surface area (Å²) in [5, 5.41) is 0.662. The molecule has 0 spiro atoms. The van der Waals surface area contributed by atoms with Crippen molar-refractivity contribution in [3.63, 3.8) is 0 Å². The Balaban J connectivity index is 2.67. The van der Waals surface area contributed by atoms with Gasteiger partial charge < -0.3 is 4.98 Å². The van der Waals surface area contributed by atoms with Crippen LogP contribution in [0, 0.1) is 0 Å². The van der Waals surface area contributed by atoms with E-state index in [1.165, 1.54) is 36.6 Å². The Morgan fingerprint density at radius 2 is 2.38 bits per heavy atom. The number of aromatic nitrogens is 2. The van der Waals surface area contributed by atoms with Gasteiger partial charge in [0.1, 0.15) is 0 Å². The highest BCUT2D eigenvalue weighted by Crippen LogP contribution is 2.06. The van der Waals surface area contributed by atoms with Crippen molar-refractivity contribution in [3.05, 3.63) is 28.2 Å². The Hall–Kier alpha value is -1.01. The van der Waals surface area contributed by atoms with Gasteiger partial charge in [0.25, 0.3) is 5.56 Å². The molecular formula is C10H12N2O2S2. The number of H-pyrrole nitrogens is 1. The van der Waals surface area contributed by atoms with Crippen LogP contribution in [0.15, 0.2) is 22.2 Å². The molecular weight excluding hydrogens is 244 g/mol. The van der Waals surface area contributed by atoms with E-state index in [9.17, 15) is 9.59 Å². The second kappa shape index (κ2) is 6.55. The van der Waals surface area contributed by atoms with Crippen molar-refractivity contribution in [1.29, 1.82) is 0 Å². The number of carbonyl (C=O) groups is 1. The van der Waals surface area contributed by atoms with Gasteiger partial charge in [-0.1, -0.05) is 35.7 Å². The molecule has 0 radical (unpaired) electrons. The Labute approximate surface area is 102 Å². The molecule has 0 aliphatic heterocycles. The molecule has 0 unspecified atom stereocenters. The van der Waals surface area contributed by atoms with Crippen LogP contribution >= 0.6 is 23.5 Å². The second-order valence-electron chi connectivity index (χ2n) is 2.88. The smallest absolute Gasteiger partial charge is 0.258 e. The van der Waals surface area contributed by atoms with Gasteiger partial charge in [-0.3, -0.25) is 9.59 Å². The Kier molecular flexibility index (Phi) is 5.34. The lowest BCUT2D eigenvalue weighted by Gasteiger charge is -1.95. The van der Waals surface area contributed by atoms with Gasteiger partial charge in [-0.05, 0) is 6.26 Å². The van der Waals surface area contributed by atoms with Crippen LogP contribution in [0.1, 0.15) is 12.5 Å². The molecule has 0 saturated heterocycles. The molecule has 16 heavy (non-hydrogen) atoms. The largest absolute Gasteiger partial charge is 0.301 e. The minimum atomic E-state index is -0.163. The predicted octanol–water partition coefficient (Wildman–Crippen LogP) is 1.78. The minimum absolute atomic E-state index is 0.0643. The van der Waals surface area contributed by atoms with Crippen LogP contribution in [0.3, 0.4) is 0 Å². The van der Waals surface area contributed by atoms with Gasteiger partial charge in [-0.15, -0.1) is 0 Å².